The van der Waals surface area contributed by atoms with Crippen LogP contribution >= 0.6 is 11.6 Å². The fourth-order valence-corrected chi connectivity index (χ4v) is 3.02. The van der Waals surface area contributed by atoms with E-state index in [1.165, 1.54) is 6.42 Å². The molecule has 1 fully saturated rings. The van der Waals surface area contributed by atoms with Crippen molar-refractivity contribution in [1.29, 1.82) is 0 Å². The average Bonchev–Trinajstić information content (AvgIpc) is 2.67. The van der Waals surface area contributed by atoms with Gasteiger partial charge in [-0.3, -0.25) is 0 Å². The molecule has 0 radical (unpaired) electrons. The minimum atomic E-state index is 0.329. The zero-order chi connectivity index (χ0) is 12.7. The van der Waals surface area contributed by atoms with Crippen molar-refractivity contribution in [3.8, 4) is 0 Å². The van der Waals surface area contributed by atoms with Crippen LogP contribution in [-0.4, -0.2) is 22.6 Å². The number of hydrogen-bond donors (Lipinski definition) is 0. The van der Waals surface area contributed by atoms with Gasteiger partial charge in [0.25, 0.3) is 0 Å². The van der Waals surface area contributed by atoms with E-state index in [2.05, 4.69) is 34.8 Å². The summed E-state index contributed by atoms with van der Waals surface area (Å²) < 4.78 is 0. The molecule has 2 heterocycles. The molecule has 3 nitrogen and oxygen atoms in total. The number of hydrogen-bond acceptors (Lipinski definition) is 3. The summed E-state index contributed by atoms with van der Waals surface area (Å²) in [5.41, 5.74) is 0.916. The summed E-state index contributed by atoms with van der Waals surface area (Å²) in [5.74, 6) is 1.68. The molecule has 1 saturated heterocycles. The van der Waals surface area contributed by atoms with Crippen molar-refractivity contribution in [2.75, 3.05) is 11.4 Å². The maximum absolute atomic E-state index is 6.04. The smallest absolute Gasteiger partial charge is 0.224 e. The number of fused-ring (bicyclic) bond motifs is 1. The molecule has 18 heavy (non-hydrogen) atoms. The Balaban J connectivity index is 2.16. The van der Waals surface area contributed by atoms with Crippen molar-refractivity contribution in [1.82, 2.24) is 9.97 Å². The van der Waals surface area contributed by atoms with E-state index in [0.717, 1.165) is 23.3 Å². The lowest BCUT2D eigenvalue weighted by Crippen LogP contribution is -2.28. The lowest BCUT2D eigenvalue weighted by atomic mass is 10.1. The predicted octanol–water partition coefficient (Wildman–Crippen LogP) is 3.52. The Bertz CT molecular complexity index is 584. The van der Waals surface area contributed by atoms with Crippen molar-refractivity contribution < 1.29 is 0 Å². The molecule has 3 rings (SSSR count). The van der Waals surface area contributed by atoms with E-state index in [1.807, 2.05) is 18.2 Å². The van der Waals surface area contributed by atoms with Gasteiger partial charge in [-0.05, 0) is 43.0 Å². The van der Waals surface area contributed by atoms with Crippen LogP contribution in [0.3, 0.4) is 0 Å². The molecule has 94 valence electrons. The third-order valence-corrected chi connectivity index (χ3v) is 3.78. The average molecular weight is 262 g/mol. The lowest BCUT2D eigenvalue weighted by molar-refractivity contribution is 0.625. The van der Waals surface area contributed by atoms with Crippen LogP contribution in [0.5, 0.6) is 0 Å². The molecular weight excluding hydrogens is 246 g/mol. The molecule has 2 unspecified atom stereocenters. The number of para-hydroxylation sites is 1. The highest BCUT2D eigenvalue weighted by molar-refractivity contribution is 6.28. The van der Waals surface area contributed by atoms with Crippen LogP contribution in [0, 0.1) is 5.92 Å². The zero-order valence-corrected chi connectivity index (χ0v) is 11.4. The predicted molar refractivity (Wildman–Crippen MR) is 75.1 cm³/mol. The quantitative estimate of drug-likeness (QED) is 0.736. The highest BCUT2D eigenvalue weighted by Gasteiger charge is 2.28. The Morgan fingerprint density at radius 2 is 2.00 bits per heavy atom. The van der Waals surface area contributed by atoms with Crippen LogP contribution < -0.4 is 4.90 Å². The van der Waals surface area contributed by atoms with E-state index in [4.69, 9.17) is 11.6 Å². The van der Waals surface area contributed by atoms with E-state index in [9.17, 15) is 0 Å². The first-order valence-electron chi connectivity index (χ1n) is 6.34. The fraction of sp³-hybridized carbons (Fsp3) is 0.429. The third kappa shape index (κ3) is 1.93. The molecule has 1 aliphatic heterocycles. The largest absolute Gasteiger partial charge is 0.353 e. The maximum atomic E-state index is 6.04. The standard InChI is InChI=1S/C14H16ClN3/c1-9-7-10(2)18(8-9)13-11-5-3-4-6-12(11)16-14(15)17-13/h3-6,9-10H,7-8H2,1-2H3. The molecule has 1 aromatic heterocycles. The van der Waals surface area contributed by atoms with Crippen LogP contribution in [-0.2, 0) is 0 Å². The third-order valence-electron chi connectivity index (χ3n) is 3.61. The van der Waals surface area contributed by atoms with Crippen LogP contribution in [0.25, 0.3) is 10.9 Å². The Hall–Kier alpha value is -1.35. The number of anilines is 1. The Morgan fingerprint density at radius 1 is 1.22 bits per heavy atom. The summed E-state index contributed by atoms with van der Waals surface area (Å²) in [6, 6.07) is 8.56. The van der Waals surface area contributed by atoms with E-state index in [1.54, 1.807) is 0 Å². The van der Waals surface area contributed by atoms with Crippen molar-refractivity contribution in [3.05, 3.63) is 29.5 Å². The topological polar surface area (TPSA) is 29.0 Å². The van der Waals surface area contributed by atoms with Crippen LogP contribution in [0.4, 0.5) is 5.82 Å². The van der Waals surface area contributed by atoms with Crippen molar-refractivity contribution in [3.63, 3.8) is 0 Å². The van der Waals surface area contributed by atoms with E-state index >= 15 is 0 Å². The van der Waals surface area contributed by atoms with Gasteiger partial charge in [0, 0.05) is 18.0 Å². The summed E-state index contributed by atoms with van der Waals surface area (Å²) in [6.45, 7) is 5.56. The number of benzene rings is 1. The second kappa shape index (κ2) is 4.39. The minimum absolute atomic E-state index is 0.329. The van der Waals surface area contributed by atoms with Gasteiger partial charge in [-0.1, -0.05) is 19.1 Å². The molecule has 1 aliphatic rings. The van der Waals surface area contributed by atoms with E-state index in [-0.39, 0.29) is 0 Å². The minimum Gasteiger partial charge on any atom is -0.353 e. The summed E-state index contributed by atoms with van der Waals surface area (Å²) in [7, 11) is 0. The second-order valence-corrected chi connectivity index (χ2v) is 5.51. The normalized spacial score (nSPS) is 23.8. The molecule has 1 aromatic carbocycles. The molecule has 0 saturated carbocycles. The molecule has 2 atom stereocenters. The van der Waals surface area contributed by atoms with Gasteiger partial charge in [0.2, 0.25) is 5.28 Å². The molecule has 0 N–H and O–H groups in total. The van der Waals surface area contributed by atoms with E-state index < -0.39 is 0 Å². The zero-order valence-electron chi connectivity index (χ0n) is 10.6. The Kier molecular flexibility index (Phi) is 2.86. The number of rotatable bonds is 1. The van der Waals surface area contributed by atoms with E-state index in [0.29, 0.717) is 17.2 Å². The van der Waals surface area contributed by atoms with Gasteiger partial charge in [-0.25, -0.2) is 4.98 Å². The number of halogens is 1. The molecule has 0 amide bonds. The Labute approximate surface area is 112 Å². The molecular formula is C14H16ClN3. The summed E-state index contributed by atoms with van der Waals surface area (Å²) in [4.78, 5) is 11.1. The molecule has 0 aliphatic carbocycles. The first-order chi connectivity index (χ1) is 8.65. The number of aromatic nitrogens is 2. The SMILES string of the molecule is CC1CC(C)N(c2nc(Cl)nc3ccccc23)C1. The highest BCUT2D eigenvalue weighted by atomic mass is 35.5. The Morgan fingerprint density at radius 3 is 2.72 bits per heavy atom. The van der Waals surface area contributed by atoms with Crippen molar-refractivity contribution in [2.45, 2.75) is 26.3 Å². The van der Waals surface area contributed by atoms with Crippen LogP contribution in [0.2, 0.25) is 5.28 Å². The van der Waals surface area contributed by atoms with Gasteiger partial charge in [0.1, 0.15) is 5.82 Å². The van der Waals surface area contributed by atoms with Crippen molar-refractivity contribution >= 4 is 28.3 Å². The molecule has 0 bridgehead atoms. The van der Waals surface area contributed by atoms with Crippen molar-refractivity contribution in [2.24, 2.45) is 5.92 Å². The van der Waals surface area contributed by atoms with Crippen LogP contribution in [0.1, 0.15) is 20.3 Å². The van der Waals surface area contributed by atoms with Gasteiger partial charge in [-0.15, -0.1) is 0 Å². The summed E-state index contributed by atoms with van der Waals surface area (Å²) in [6.07, 6.45) is 1.20. The lowest BCUT2D eigenvalue weighted by Gasteiger charge is -2.24. The molecule has 0 spiro atoms. The van der Waals surface area contributed by atoms with Gasteiger partial charge < -0.3 is 4.90 Å². The number of nitrogens with zero attached hydrogens (tertiary/aromatic N) is 3. The summed E-state index contributed by atoms with van der Waals surface area (Å²) in [5, 5.41) is 1.42. The van der Waals surface area contributed by atoms with Gasteiger partial charge in [0.15, 0.2) is 0 Å². The monoisotopic (exact) mass is 261 g/mol. The summed E-state index contributed by atoms with van der Waals surface area (Å²) >= 11 is 6.04. The maximum Gasteiger partial charge on any atom is 0.224 e. The fourth-order valence-electron chi connectivity index (χ4n) is 2.85. The first-order valence-corrected chi connectivity index (χ1v) is 6.72. The first kappa shape index (κ1) is 11.7. The van der Waals surface area contributed by atoms with Gasteiger partial charge in [-0.2, -0.15) is 4.98 Å². The highest BCUT2D eigenvalue weighted by Crippen LogP contribution is 2.32. The molecule has 4 heteroatoms. The molecule has 2 aromatic rings. The van der Waals surface area contributed by atoms with Crippen LogP contribution in [0.15, 0.2) is 24.3 Å². The van der Waals surface area contributed by atoms with Gasteiger partial charge in [0.05, 0.1) is 5.52 Å². The second-order valence-electron chi connectivity index (χ2n) is 5.18. The van der Waals surface area contributed by atoms with Gasteiger partial charge >= 0.3 is 0 Å².